The number of rotatable bonds is 7. The molecule has 3 aromatic rings. The average molecular weight is 455 g/mol. The van der Waals surface area contributed by atoms with Crippen molar-refractivity contribution in [1.29, 1.82) is 0 Å². The molecule has 0 heterocycles. The largest absolute Gasteiger partial charge is 0.465 e. The fourth-order valence-corrected chi connectivity index (χ4v) is 4.52. The summed E-state index contributed by atoms with van der Waals surface area (Å²) < 4.78 is 10.9. The molecule has 0 aromatic heterocycles. The molecule has 0 amide bonds. The number of allylic oxidation sites excluding steroid dienone is 1. The minimum Gasteiger partial charge on any atom is -0.465 e. The molecule has 0 atom stereocenters. The van der Waals surface area contributed by atoms with E-state index in [1.54, 1.807) is 74.5 Å². The number of esters is 2. The van der Waals surface area contributed by atoms with Crippen molar-refractivity contribution in [3.8, 4) is 0 Å². The number of ether oxygens (including phenoxy) is 2. The lowest BCUT2D eigenvalue weighted by molar-refractivity contribution is -0.161. The summed E-state index contributed by atoms with van der Waals surface area (Å²) >= 11 is 0. The van der Waals surface area contributed by atoms with Crippen molar-refractivity contribution in [1.82, 2.24) is 0 Å². The SMILES string of the molecule is CCOC(=O)C1(C(=O)OCC)C(c2ccccc2)=C(C(=O)c2ccc(C)cc2)c2ccccc21. The van der Waals surface area contributed by atoms with Gasteiger partial charge in [0.2, 0.25) is 5.41 Å². The molecule has 3 aromatic carbocycles. The number of carbonyl (C=O) groups is 3. The Labute approximate surface area is 199 Å². The average Bonchev–Trinajstić information content (AvgIpc) is 3.17. The van der Waals surface area contributed by atoms with Gasteiger partial charge in [-0.15, -0.1) is 0 Å². The lowest BCUT2D eigenvalue weighted by Gasteiger charge is -2.29. The van der Waals surface area contributed by atoms with Crippen LogP contribution in [0.4, 0.5) is 0 Å². The summed E-state index contributed by atoms with van der Waals surface area (Å²) in [6.45, 7) is 5.46. The predicted molar refractivity (Wildman–Crippen MR) is 130 cm³/mol. The van der Waals surface area contributed by atoms with Crippen molar-refractivity contribution in [2.45, 2.75) is 26.2 Å². The summed E-state index contributed by atoms with van der Waals surface area (Å²) in [5.41, 5.74) is 1.65. The molecular weight excluding hydrogens is 428 g/mol. The second kappa shape index (κ2) is 9.48. The highest BCUT2D eigenvalue weighted by Gasteiger charge is 2.60. The Kier molecular flexibility index (Phi) is 6.46. The van der Waals surface area contributed by atoms with Crippen LogP contribution in [-0.4, -0.2) is 30.9 Å². The van der Waals surface area contributed by atoms with Crippen molar-refractivity contribution >= 4 is 28.9 Å². The first kappa shape index (κ1) is 23.2. The zero-order valence-electron chi connectivity index (χ0n) is 19.5. The van der Waals surface area contributed by atoms with E-state index in [0.717, 1.165) is 5.56 Å². The van der Waals surface area contributed by atoms with E-state index in [4.69, 9.17) is 9.47 Å². The molecule has 1 aliphatic carbocycles. The first-order chi connectivity index (χ1) is 16.5. The van der Waals surface area contributed by atoms with Crippen LogP contribution in [0.3, 0.4) is 0 Å². The maximum Gasteiger partial charge on any atom is 0.332 e. The number of hydrogen-bond donors (Lipinski definition) is 0. The van der Waals surface area contributed by atoms with Crippen LogP contribution in [-0.2, 0) is 24.5 Å². The smallest absolute Gasteiger partial charge is 0.332 e. The maximum atomic E-state index is 14.0. The monoisotopic (exact) mass is 454 g/mol. The van der Waals surface area contributed by atoms with Crippen LogP contribution < -0.4 is 0 Å². The molecule has 1 aliphatic rings. The molecule has 0 spiro atoms. The first-order valence-corrected chi connectivity index (χ1v) is 11.3. The molecule has 0 N–H and O–H groups in total. The molecule has 0 saturated heterocycles. The van der Waals surface area contributed by atoms with Gasteiger partial charge in [-0.3, -0.25) is 14.4 Å². The van der Waals surface area contributed by atoms with Crippen molar-refractivity contribution in [3.05, 3.63) is 107 Å². The highest BCUT2D eigenvalue weighted by atomic mass is 16.6. The van der Waals surface area contributed by atoms with Gasteiger partial charge < -0.3 is 9.47 Å². The van der Waals surface area contributed by atoms with Crippen molar-refractivity contribution in [3.63, 3.8) is 0 Å². The summed E-state index contributed by atoms with van der Waals surface area (Å²) in [6.07, 6.45) is 0. The molecule has 0 aliphatic heterocycles. The van der Waals surface area contributed by atoms with E-state index in [9.17, 15) is 14.4 Å². The molecule has 172 valence electrons. The third-order valence-corrected chi connectivity index (χ3v) is 5.99. The molecular formula is C29H26O5. The van der Waals surface area contributed by atoms with Gasteiger partial charge in [0.1, 0.15) is 0 Å². The highest BCUT2D eigenvalue weighted by molar-refractivity contribution is 6.42. The van der Waals surface area contributed by atoms with Gasteiger partial charge in [0, 0.05) is 16.7 Å². The predicted octanol–water partition coefficient (Wildman–Crippen LogP) is 5.17. The molecule has 0 radical (unpaired) electrons. The Morgan fingerprint density at radius 3 is 1.88 bits per heavy atom. The van der Waals surface area contributed by atoms with Gasteiger partial charge in [0.25, 0.3) is 0 Å². The van der Waals surface area contributed by atoms with Gasteiger partial charge in [-0.05, 0) is 37.5 Å². The summed E-state index contributed by atoms with van der Waals surface area (Å²) in [7, 11) is 0. The number of ketones is 1. The van der Waals surface area contributed by atoms with Crippen LogP contribution in [0.25, 0.3) is 11.1 Å². The van der Waals surface area contributed by atoms with Gasteiger partial charge in [-0.2, -0.15) is 0 Å². The highest BCUT2D eigenvalue weighted by Crippen LogP contribution is 2.53. The van der Waals surface area contributed by atoms with E-state index in [2.05, 4.69) is 0 Å². The van der Waals surface area contributed by atoms with E-state index < -0.39 is 17.4 Å². The van der Waals surface area contributed by atoms with Gasteiger partial charge in [-0.1, -0.05) is 84.4 Å². The van der Waals surface area contributed by atoms with Crippen LogP contribution in [0.15, 0.2) is 78.9 Å². The maximum absolute atomic E-state index is 14.0. The Hall–Kier alpha value is -3.99. The van der Waals surface area contributed by atoms with E-state index in [1.165, 1.54) is 0 Å². The number of fused-ring (bicyclic) bond motifs is 1. The van der Waals surface area contributed by atoms with Crippen molar-refractivity contribution in [2.24, 2.45) is 0 Å². The number of carbonyl (C=O) groups excluding carboxylic acids is 3. The first-order valence-electron chi connectivity index (χ1n) is 11.3. The molecule has 5 nitrogen and oxygen atoms in total. The van der Waals surface area contributed by atoms with Gasteiger partial charge in [0.05, 0.1) is 13.2 Å². The lowest BCUT2D eigenvalue weighted by Crippen LogP contribution is -2.46. The van der Waals surface area contributed by atoms with E-state index in [1.807, 2.05) is 25.1 Å². The summed E-state index contributed by atoms with van der Waals surface area (Å²) in [5, 5.41) is 0. The Balaban J connectivity index is 2.13. The third kappa shape index (κ3) is 3.63. The fraction of sp³-hybridized carbons (Fsp3) is 0.207. The minimum atomic E-state index is -1.92. The van der Waals surface area contributed by atoms with Crippen LogP contribution in [0, 0.1) is 6.92 Å². The Morgan fingerprint density at radius 1 is 0.735 bits per heavy atom. The van der Waals surface area contributed by atoms with Crippen LogP contribution in [0.5, 0.6) is 0 Å². The van der Waals surface area contributed by atoms with Gasteiger partial charge >= 0.3 is 11.9 Å². The topological polar surface area (TPSA) is 69.7 Å². The number of Topliss-reactive ketones (excluding diaryl/α,β-unsaturated/α-hetero) is 1. The lowest BCUT2D eigenvalue weighted by atomic mass is 9.74. The molecule has 5 heteroatoms. The number of hydrogen-bond acceptors (Lipinski definition) is 5. The Morgan fingerprint density at radius 2 is 1.29 bits per heavy atom. The zero-order chi connectivity index (χ0) is 24.3. The molecule has 0 unspecified atom stereocenters. The second-order valence-electron chi connectivity index (χ2n) is 8.05. The molecule has 0 saturated carbocycles. The van der Waals surface area contributed by atoms with Crippen molar-refractivity contribution in [2.75, 3.05) is 13.2 Å². The molecule has 0 bridgehead atoms. The fourth-order valence-electron chi connectivity index (χ4n) is 4.52. The quantitative estimate of drug-likeness (QED) is 0.280. The number of aryl methyl sites for hydroxylation is 1. The van der Waals surface area contributed by atoms with E-state index >= 15 is 0 Å². The minimum absolute atomic E-state index is 0.0749. The van der Waals surface area contributed by atoms with E-state index in [0.29, 0.717) is 27.8 Å². The van der Waals surface area contributed by atoms with Gasteiger partial charge in [0.15, 0.2) is 5.78 Å². The summed E-state index contributed by atoms with van der Waals surface area (Å²) in [6, 6.07) is 23.3. The van der Waals surface area contributed by atoms with Gasteiger partial charge in [-0.25, -0.2) is 0 Å². The number of benzene rings is 3. The zero-order valence-corrected chi connectivity index (χ0v) is 19.5. The van der Waals surface area contributed by atoms with Crippen LogP contribution >= 0.6 is 0 Å². The van der Waals surface area contributed by atoms with Crippen molar-refractivity contribution < 1.29 is 23.9 Å². The summed E-state index contributed by atoms with van der Waals surface area (Å²) in [5.74, 6) is -1.79. The van der Waals surface area contributed by atoms with E-state index in [-0.39, 0.29) is 24.6 Å². The molecule has 4 rings (SSSR count). The standard InChI is InChI=1S/C29H26O5/c1-4-33-27(31)29(28(32)34-5-2)23-14-10-9-13-22(23)24(25(29)20-11-7-6-8-12-20)26(30)21-17-15-19(3)16-18-21/h6-18H,4-5H2,1-3H3. The Bertz CT molecular complexity index is 1250. The molecule has 34 heavy (non-hydrogen) atoms. The third-order valence-electron chi connectivity index (χ3n) is 5.99. The van der Waals surface area contributed by atoms with Crippen LogP contribution in [0.1, 0.15) is 46.5 Å². The molecule has 0 fully saturated rings. The summed E-state index contributed by atoms with van der Waals surface area (Å²) in [4.78, 5) is 41.4. The normalized spacial score (nSPS) is 13.9. The second-order valence-corrected chi connectivity index (χ2v) is 8.05. The van der Waals surface area contributed by atoms with Crippen LogP contribution in [0.2, 0.25) is 0 Å².